The summed E-state index contributed by atoms with van der Waals surface area (Å²) in [5, 5.41) is 3.47. The Kier molecular flexibility index (Phi) is 6.55. The maximum absolute atomic E-state index is 11.8. The van der Waals surface area contributed by atoms with Crippen LogP contribution in [0.4, 0.5) is 0 Å². The van der Waals surface area contributed by atoms with Gasteiger partial charge in [0.05, 0.1) is 12.2 Å². The molecule has 3 heteroatoms. The molecule has 0 atom stereocenters. The number of carbonyl (C=O) groups is 1. The molecule has 3 nitrogen and oxygen atoms in total. The van der Waals surface area contributed by atoms with Gasteiger partial charge in [-0.05, 0) is 33.1 Å². The molecule has 1 N–H and O–H groups in total. The zero-order valence-electron chi connectivity index (χ0n) is 11.6. The van der Waals surface area contributed by atoms with E-state index in [-0.39, 0.29) is 5.97 Å². The highest BCUT2D eigenvalue weighted by atomic mass is 16.5. The monoisotopic (exact) mass is 251 g/mol. The van der Waals surface area contributed by atoms with Crippen LogP contribution in [0.2, 0.25) is 0 Å². The Balaban J connectivity index is 2.68. The number of hydrogen-bond donors (Lipinski definition) is 1. The van der Waals surface area contributed by atoms with Gasteiger partial charge in [-0.1, -0.05) is 25.3 Å². The van der Waals surface area contributed by atoms with Gasteiger partial charge in [-0.15, -0.1) is 6.58 Å². The number of ether oxygens (including phenoxy) is 1. The van der Waals surface area contributed by atoms with Crippen molar-refractivity contribution in [2.45, 2.75) is 58.4 Å². The molecule has 0 aromatic heterocycles. The fourth-order valence-corrected chi connectivity index (χ4v) is 2.39. The summed E-state index contributed by atoms with van der Waals surface area (Å²) in [4.78, 5) is 11.8. The second-order valence-electron chi connectivity index (χ2n) is 4.80. The number of esters is 1. The van der Waals surface area contributed by atoms with Crippen LogP contribution in [0.25, 0.3) is 0 Å². The predicted molar refractivity (Wildman–Crippen MR) is 74.2 cm³/mol. The highest BCUT2D eigenvalue weighted by Gasteiger charge is 2.17. The van der Waals surface area contributed by atoms with Crippen molar-refractivity contribution in [3.8, 4) is 0 Å². The van der Waals surface area contributed by atoms with Crippen molar-refractivity contribution >= 4 is 5.97 Å². The van der Waals surface area contributed by atoms with Gasteiger partial charge >= 0.3 is 5.97 Å². The molecule has 1 fully saturated rings. The number of carbonyl (C=O) groups excluding carboxylic acids is 1. The van der Waals surface area contributed by atoms with Gasteiger partial charge in [-0.2, -0.15) is 0 Å². The molecule has 1 aliphatic rings. The lowest BCUT2D eigenvalue weighted by molar-refractivity contribution is -0.138. The minimum absolute atomic E-state index is 0.224. The van der Waals surface area contributed by atoms with E-state index in [0.29, 0.717) is 24.6 Å². The van der Waals surface area contributed by atoms with Crippen molar-refractivity contribution in [1.29, 1.82) is 0 Å². The van der Waals surface area contributed by atoms with E-state index in [1.54, 1.807) is 6.08 Å². The van der Waals surface area contributed by atoms with Crippen LogP contribution in [0.3, 0.4) is 0 Å². The minimum atomic E-state index is -0.224. The second kappa shape index (κ2) is 7.96. The van der Waals surface area contributed by atoms with Gasteiger partial charge in [-0.25, -0.2) is 4.79 Å². The molecule has 0 radical (unpaired) electrons. The van der Waals surface area contributed by atoms with E-state index in [2.05, 4.69) is 11.9 Å². The van der Waals surface area contributed by atoms with Crippen LogP contribution in [-0.2, 0) is 9.53 Å². The Labute approximate surface area is 110 Å². The molecule has 0 aliphatic heterocycles. The topological polar surface area (TPSA) is 38.3 Å². The molecular formula is C15H25NO2. The highest BCUT2D eigenvalue weighted by molar-refractivity contribution is 5.89. The van der Waals surface area contributed by atoms with Gasteiger partial charge in [0.25, 0.3) is 0 Å². The molecule has 18 heavy (non-hydrogen) atoms. The first kappa shape index (κ1) is 14.8. The average molecular weight is 251 g/mol. The number of allylic oxidation sites excluding steroid dienone is 2. The van der Waals surface area contributed by atoms with Gasteiger partial charge in [0.1, 0.15) is 0 Å². The molecule has 0 amide bonds. The lowest BCUT2D eigenvalue weighted by Gasteiger charge is -2.25. The van der Waals surface area contributed by atoms with Crippen LogP contribution < -0.4 is 5.32 Å². The SMILES string of the molecule is C=CC/C(C(=O)OCC)=C(\C)NC1CCCCC1. The van der Waals surface area contributed by atoms with E-state index in [1.807, 2.05) is 13.8 Å². The molecule has 0 unspecified atom stereocenters. The zero-order valence-corrected chi connectivity index (χ0v) is 11.6. The fraction of sp³-hybridized carbons (Fsp3) is 0.667. The maximum atomic E-state index is 11.8. The molecule has 102 valence electrons. The molecular weight excluding hydrogens is 226 g/mol. The van der Waals surface area contributed by atoms with Gasteiger partial charge in [0.2, 0.25) is 0 Å². The van der Waals surface area contributed by atoms with Crippen LogP contribution >= 0.6 is 0 Å². The average Bonchev–Trinajstić information content (AvgIpc) is 2.37. The van der Waals surface area contributed by atoms with E-state index in [0.717, 1.165) is 5.70 Å². The molecule has 1 saturated carbocycles. The Morgan fingerprint density at radius 3 is 2.61 bits per heavy atom. The second-order valence-corrected chi connectivity index (χ2v) is 4.80. The highest BCUT2D eigenvalue weighted by Crippen LogP contribution is 2.19. The third kappa shape index (κ3) is 4.55. The summed E-state index contributed by atoms with van der Waals surface area (Å²) >= 11 is 0. The first-order valence-electron chi connectivity index (χ1n) is 6.93. The van der Waals surface area contributed by atoms with Crippen molar-refractivity contribution in [3.05, 3.63) is 23.9 Å². The zero-order chi connectivity index (χ0) is 13.4. The summed E-state index contributed by atoms with van der Waals surface area (Å²) in [7, 11) is 0. The van der Waals surface area contributed by atoms with E-state index in [9.17, 15) is 4.79 Å². The van der Waals surface area contributed by atoms with Crippen molar-refractivity contribution in [2.75, 3.05) is 6.61 Å². The molecule has 1 aliphatic carbocycles. The van der Waals surface area contributed by atoms with Gasteiger partial charge in [-0.3, -0.25) is 0 Å². The van der Waals surface area contributed by atoms with Crippen LogP contribution in [-0.4, -0.2) is 18.6 Å². The molecule has 0 heterocycles. The molecule has 0 aromatic carbocycles. The Morgan fingerprint density at radius 2 is 2.06 bits per heavy atom. The van der Waals surface area contributed by atoms with E-state index in [4.69, 9.17) is 4.74 Å². The summed E-state index contributed by atoms with van der Waals surface area (Å²) < 4.78 is 5.08. The molecule has 0 saturated heterocycles. The first-order chi connectivity index (χ1) is 8.69. The quantitative estimate of drug-likeness (QED) is 0.447. The van der Waals surface area contributed by atoms with Crippen molar-refractivity contribution in [2.24, 2.45) is 0 Å². The summed E-state index contributed by atoms with van der Waals surface area (Å²) in [6.07, 6.45) is 8.59. The fourth-order valence-electron chi connectivity index (χ4n) is 2.39. The minimum Gasteiger partial charge on any atom is -0.463 e. The third-order valence-electron chi connectivity index (χ3n) is 3.35. The maximum Gasteiger partial charge on any atom is 0.336 e. The van der Waals surface area contributed by atoms with Crippen LogP contribution in [0.1, 0.15) is 52.4 Å². The Hall–Kier alpha value is -1.25. The molecule has 0 spiro atoms. The predicted octanol–water partition coefficient (Wildman–Crippen LogP) is 3.32. The van der Waals surface area contributed by atoms with Crippen molar-refractivity contribution < 1.29 is 9.53 Å². The standard InChI is InChI=1S/C15H25NO2/c1-4-9-14(15(17)18-5-2)12(3)16-13-10-7-6-8-11-13/h4,13,16H,1,5-11H2,2-3H3/b14-12-. The summed E-state index contributed by atoms with van der Waals surface area (Å²) in [5.41, 5.74) is 1.65. The van der Waals surface area contributed by atoms with E-state index in [1.165, 1.54) is 32.1 Å². The van der Waals surface area contributed by atoms with Crippen LogP contribution in [0.15, 0.2) is 23.9 Å². The smallest absolute Gasteiger partial charge is 0.336 e. The van der Waals surface area contributed by atoms with E-state index >= 15 is 0 Å². The lowest BCUT2D eigenvalue weighted by atomic mass is 9.95. The van der Waals surface area contributed by atoms with E-state index < -0.39 is 0 Å². The Morgan fingerprint density at radius 1 is 1.39 bits per heavy atom. The normalized spacial score (nSPS) is 17.9. The van der Waals surface area contributed by atoms with Gasteiger partial charge in [0.15, 0.2) is 0 Å². The van der Waals surface area contributed by atoms with Crippen molar-refractivity contribution in [3.63, 3.8) is 0 Å². The number of hydrogen-bond acceptors (Lipinski definition) is 3. The van der Waals surface area contributed by atoms with Gasteiger partial charge < -0.3 is 10.1 Å². The van der Waals surface area contributed by atoms with Crippen LogP contribution in [0.5, 0.6) is 0 Å². The molecule has 1 rings (SSSR count). The number of nitrogens with one attached hydrogen (secondary N) is 1. The molecule has 0 aromatic rings. The molecule has 0 bridgehead atoms. The third-order valence-corrected chi connectivity index (χ3v) is 3.35. The first-order valence-corrected chi connectivity index (χ1v) is 6.93. The van der Waals surface area contributed by atoms with Crippen molar-refractivity contribution in [1.82, 2.24) is 5.32 Å². The summed E-state index contributed by atoms with van der Waals surface area (Å²) in [6, 6.07) is 0.507. The largest absolute Gasteiger partial charge is 0.463 e. The van der Waals surface area contributed by atoms with Crippen LogP contribution in [0, 0.1) is 0 Å². The summed E-state index contributed by atoms with van der Waals surface area (Å²) in [6.45, 7) is 7.90. The lowest BCUT2D eigenvalue weighted by Crippen LogP contribution is -2.31. The summed E-state index contributed by atoms with van der Waals surface area (Å²) in [5.74, 6) is -0.224. The Bertz CT molecular complexity index is 314. The number of rotatable bonds is 6. The van der Waals surface area contributed by atoms with Gasteiger partial charge in [0, 0.05) is 11.7 Å².